The Bertz CT molecular complexity index is 827. The average molecular weight is 401 g/mol. The van der Waals surface area contributed by atoms with Gasteiger partial charge in [0.1, 0.15) is 5.82 Å². The van der Waals surface area contributed by atoms with Gasteiger partial charge < -0.3 is 4.90 Å². The standard InChI is InChI=1S/C22H28FN3O3/c1-16(27)17-5-6-19(18(23)13-17)25-11-9-24(10-12-25)15-26-20(28)14-22(21(26)29)7-3-2-4-8-22/h5-6,13H,2-4,7-12,14-15H2,1H3. The summed E-state index contributed by atoms with van der Waals surface area (Å²) in [6.45, 7) is 4.27. The van der Waals surface area contributed by atoms with Gasteiger partial charge in [0.25, 0.3) is 0 Å². The van der Waals surface area contributed by atoms with E-state index in [4.69, 9.17) is 0 Å². The molecule has 29 heavy (non-hydrogen) atoms. The second-order valence-corrected chi connectivity index (χ2v) is 8.61. The van der Waals surface area contributed by atoms with Gasteiger partial charge in [-0.1, -0.05) is 19.3 Å². The molecule has 0 radical (unpaired) electrons. The van der Waals surface area contributed by atoms with Gasteiger partial charge in [-0.25, -0.2) is 4.39 Å². The lowest BCUT2D eigenvalue weighted by Gasteiger charge is -2.38. The van der Waals surface area contributed by atoms with E-state index in [-0.39, 0.29) is 17.6 Å². The van der Waals surface area contributed by atoms with Crippen molar-refractivity contribution in [1.29, 1.82) is 0 Å². The minimum absolute atomic E-state index is 0.00972. The summed E-state index contributed by atoms with van der Waals surface area (Å²) < 4.78 is 14.4. The van der Waals surface area contributed by atoms with Crippen LogP contribution in [0.25, 0.3) is 0 Å². The molecule has 1 aliphatic carbocycles. The Hall–Kier alpha value is -2.28. The molecule has 7 heteroatoms. The van der Waals surface area contributed by atoms with Crippen molar-refractivity contribution in [2.24, 2.45) is 5.41 Å². The van der Waals surface area contributed by atoms with E-state index in [2.05, 4.69) is 4.90 Å². The molecule has 0 bridgehead atoms. The van der Waals surface area contributed by atoms with Crippen molar-refractivity contribution in [3.05, 3.63) is 29.6 Å². The molecule has 2 heterocycles. The molecule has 1 aromatic carbocycles. The summed E-state index contributed by atoms with van der Waals surface area (Å²) in [7, 11) is 0. The molecule has 1 aromatic rings. The molecule has 2 saturated heterocycles. The van der Waals surface area contributed by atoms with E-state index in [0.29, 0.717) is 50.5 Å². The summed E-state index contributed by atoms with van der Waals surface area (Å²) in [5.41, 5.74) is 0.412. The quantitative estimate of drug-likeness (QED) is 0.574. The predicted molar refractivity (Wildman–Crippen MR) is 107 cm³/mol. The maximum absolute atomic E-state index is 14.4. The zero-order chi connectivity index (χ0) is 20.6. The summed E-state index contributed by atoms with van der Waals surface area (Å²) in [6.07, 6.45) is 5.22. The summed E-state index contributed by atoms with van der Waals surface area (Å²) in [5.74, 6) is -0.591. The third-order valence-corrected chi connectivity index (χ3v) is 6.71. The topological polar surface area (TPSA) is 60.9 Å². The number of hydrogen-bond acceptors (Lipinski definition) is 5. The van der Waals surface area contributed by atoms with Crippen molar-refractivity contribution in [2.45, 2.75) is 45.4 Å². The SMILES string of the molecule is CC(=O)c1ccc(N2CCN(CN3C(=O)CC4(CCCCC4)C3=O)CC2)c(F)c1. The van der Waals surface area contributed by atoms with Crippen LogP contribution in [0.2, 0.25) is 0 Å². The molecule has 1 spiro atoms. The summed E-state index contributed by atoms with van der Waals surface area (Å²) in [4.78, 5) is 42.4. The van der Waals surface area contributed by atoms with E-state index in [9.17, 15) is 18.8 Å². The van der Waals surface area contributed by atoms with Crippen LogP contribution in [0.4, 0.5) is 10.1 Å². The fourth-order valence-corrected chi connectivity index (χ4v) is 4.93. The van der Waals surface area contributed by atoms with Crippen molar-refractivity contribution in [2.75, 3.05) is 37.7 Å². The smallest absolute Gasteiger partial charge is 0.237 e. The number of carbonyl (C=O) groups excluding carboxylic acids is 3. The Labute approximate surface area is 170 Å². The highest BCUT2D eigenvalue weighted by molar-refractivity contribution is 6.05. The van der Waals surface area contributed by atoms with Crippen LogP contribution < -0.4 is 4.90 Å². The number of halogens is 1. The average Bonchev–Trinajstić information content (AvgIpc) is 2.93. The molecule has 3 fully saturated rings. The van der Waals surface area contributed by atoms with Gasteiger partial charge in [0, 0.05) is 38.2 Å². The second-order valence-electron chi connectivity index (χ2n) is 8.61. The van der Waals surface area contributed by atoms with Gasteiger partial charge in [-0.05, 0) is 38.0 Å². The number of ketones is 1. The zero-order valence-electron chi connectivity index (χ0n) is 17.0. The molecule has 0 unspecified atom stereocenters. The van der Waals surface area contributed by atoms with Crippen molar-refractivity contribution >= 4 is 23.3 Å². The maximum Gasteiger partial charge on any atom is 0.237 e. The number of piperazine rings is 1. The fourth-order valence-electron chi connectivity index (χ4n) is 4.93. The van der Waals surface area contributed by atoms with Gasteiger partial charge in [-0.3, -0.25) is 24.2 Å². The van der Waals surface area contributed by atoms with E-state index < -0.39 is 11.2 Å². The van der Waals surface area contributed by atoms with E-state index in [1.807, 2.05) is 4.90 Å². The number of benzene rings is 1. The Balaban J connectivity index is 1.36. The third kappa shape index (κ3) is 3.80. The first-order valence-electron chi connectivity index (χ1n) is 10.5. The van der Waals surface area contributed by atoms with Crippen LogP contribution in [0.5, 0.6) is 0 Å². The monoisotopic (exact) mass is 401 g/mol. The predicted octanol–water partition coefficient (Wildman–Crippen LogP) is 2.82. The van der Waals surface area contributed by atoms with Gasteiger partial charge >= 0.3 is 0 Å². The molecule has 2 aliphatic heterocycles. The summed E-state index contributed by atoms with van der Waals surface area (Å²) in [6, 6.07) is 4.59. The number of Topliss-reactive ketones (excluding diaryl/α,β-unsaturated/α-hetero) is 1. The molecule has 0 N–H and O–H groups in total. The van der Waals surface area contributed by atoms with Crippen LogP contribution in [0.1, 0.15) is 55.8 Å². The van der Waals surface area contributed by atoms with Crippen LogP contribution in [0.15, 0.2) is 18.2 Å². The Morgan fingerprint density at radius 2 is 1.76 bits per heavy atom. The van der Waals surface area contributed by atoms with Gasteiger partial charge in [0.15, 0.2) is 5.78 Å². The lowest BCUT2D eigenvalue weighted by atomic mass is 9.73. The normalized spacial score (nSPS) is 22.6. The maximum atomic E-state index is 14.4. The summed E-state index contributed by atoms with van der Waals surface area (Å²) >= 11 is 0. The molecule has 1 saturated carbocycles. The van der Waals surface area contributed by atoms with Gasteiger partial charge in [0.2, 0.25) is 11.8 Å². The molecular weight excluding hydrogens is 373 g/mol. The third-order valence-electron chi connectivity index (χ3n) is 6.71. The number of carbonyl (C=O) groups is 3. The van der Waals surface area contributed by atoms with E-state index in [1.165, 1.54) is 17.9 Å². The Morgan fingerprint density at radius 3 is 2.38 bits per heavy atom. The number of amides is 2. The first-order valence-corrected chi connectivity index (χ1v) is 10.5. The molecule has 3 aliphatic rings. The second kappa shape index (κ2) is 7.86. The largest absolute Gasteiger partial charge is 0.367 e. The van der Waals surface area contributed by atoms with Crippen LogP contribution in [-0.2, 0) is 9.59 Å². The highest BCUT2D eigenvalue weighted by Crippen LogP contribution is 2.45. The van der Waals surface area contributed by atoms with Gasteiger partial charge in [-0.15, -0.1) is 0 Å². The number of rotatable bonds is 4. The lowest BCUT2D eigenvalue weighted by Crippen LogP contribution is -2.52. The molecule has 0 aromatic heterocycles. The van der Waals surface area contributed by atoms with Crippen LogP contribution >= 0.6 is 0 Å². The Morgan fingerprint density at radius 1 is 1.07 bits per heavy atom. The number of nitrogens with zero attached hydrogens (tertiary/aromatic N) is 3. The molecule has 6 nitrogen and oxygen atoms in total. The number of anilines is 1. The van der Waals surface area contributed by atoms with E-state index >= 15 is 0 Å². The summed E-state index contributed by atoms with van der Waals surface area (Å²) in [5, 5.41) is 0. The Kier molecular flexibility index (Phi) is 5.42. The van der Waals surface area contributed by atoms with Gasteiger partial charge in [-0.2, -0.15) is 0 Å². The first-order chi connectivity index (χ1) is 13.9. The number of hydrogen-bond donors (Lipinski definition) is 0. The number of likely N-dealkylation sites (tertiary alicyclic amines) is 1. The van der Waals surface area contributed by atoms with Crippen LogP contribution in [0, 0.1) is 11.2 Å². The zero-order valence-corrected chi connectivity index (χ0v) is 17.0. The van der Waals surface area contributed by atoms with E-state index in [1.54, 1.807) is 12.1 Å². The molecule has 4 rings (SSSR count). The van der Waals surface area contributed by atoms with Crippen molar-refractivity contribution in [3.63, 3.8) is 0 Å². The molecule has 0 atom stereocenters. The molecular formula is C22H28FN3O3. The molecule has 2 amide bonds. The van der Waals surface area contributed by atoms with Crippen LogP contribution in [0.3, 0.4) is 0 Å². The van der Waals surface area contributed by atoms with E-state index in [0.717, 1.165) is 32.1 Å². The fraction of sp³-hybridized carbons (Fsp3) is 0.591. The van der Waals surface area contributed by atoms with Crippen molar-refractivity contribution < 1.29 is 18.8 Å². The minimum Gasteiger partial charge on any atom is -0.367 e. The minimum atomic E-state index is -0.446. The highest BCUT2D eigenvalue weighted by atomic mass is 19.1. The van der Waals surface area contributed by atoms with Crippen LogP contribution in [-0.4, -0.2) is 60.2 Å². The first kappa shape index (κ1) is 20.0. The van der Waals surface area contributed by atoms with Crippen molar-refractivity contribution in [1.82, 2.24) is 9.80 Å². The van der Waals surface area contributed by atoms with Crippen molar-refractivity contribution in [3.8, 4) is 0 Å². The number of imide groups is 1. The van der Waals surface area contributed by atoms with Gasteiger partial charge in [0.05, 0.1) is 17.8 Å². The lowest BCUT2D eigenvalue weighted by molar-refractivity contribution is -0.144. The molecule has 156 valence electrons. The highest BCUT2D eigenvalue weighted by Gasteiger charge is 2.51.